The number of hydrogen-bond donors (Lipinski definition) is 1. The van der Waals surface area contributed by atoms with E-state index in [1.165, 1.54) is 0 Å². The highest BCUT2D eigenvalue weighted by Crippen LogP contribution is 2.07. The van der Waals surface area contributed by atoms with Gasteiger partial charge in [0.25, 0.3) is 0 Å². The summed E-state index contributed by atoms with van der Waals surface area (Å²) in [6.45, 7) is 6.99. The van der Waals surface area contributed by atoms with E-state index in [2.05, 4.69) is 5.32 Å². The second kappa shape index (κ2) is 9.21. The van der Waals surface area contributed by atoms with Crippen molar-refractivity contribution in [3.63, 3.8) is 0 Å². The molecule has 1 aromatic carbocycles. The van der Waals surface area contributed by atoms with E-state index < -0.39 is 11.7 Å². The first-order valence-corrected chi connectivity index (χ1v) is 9.01. The number of amides is 3. The molecule has 0 aliphatic carbocycles. The molecule has 0 radical (unpaired) electrons. The summed E-state index contributed by atoms with van der Waals surface area (Å²) in [5.41, 5.74) is 0.361. The molecular weight excluding hydrogens is 346 g/mol. The monoisotopic (exact) mass is 373 g/mol. The second-order valence-corrected chi connectivity index (χ2v) is 7.31. The summed E-state index contributed by atoms with van der Waals surface area (Å²) in [6.07, 6.45) is 2.72. The number of hydrogen-bond acceptors (Lipinski definition) is 4. The molecule has 1 aromatic rings. The summed E-state index contributed by atoms with van der Waals surface area (Å²) in [7, 11) is 0. The van der Waals surface area contributed by atoms with Crippen LogP contribution < -0.4 is 5.32 Å². The largest absolute Gasteiger partial charge is 0.444 e. The number of nitrogens with one attached hydrogen (secondary N) is 1. The molecule has 1 saturated heterocycles. The topological polar surface area (TPSA) is 79.0 Å². The standard InChI is InChI=1S/C20H27N3O4/c1-20(2,3)27-19(26)21-15-18(25)23-13-11-22(12-14-23)17(24)10-9-16-7-5-4-6-8-16/h4-10H,11-15H2,1-3H3,(H,21,26)/b10-9+. The van der Waals surface area contributed by atoms with Gasteiger partial charge in [-0.2, -0.15) is 0 Å². The zero-order valence-electron chi connectivity index (χ0n) is 16.1. The Morgan fingerprint density at radius 3 is 2.22 bits per heavy atom. The maximum Gasteiger partial charge on any atom is 0.408 e. The summed E-state index contributed by atoms with van der Waals surface area (Å²) >= 11 is 0. The van der Waals surface area contributed by atoms with Gasteiger partial charge in [0, 0.05) is 32.3 Å². The quantitative estimate of drug-likeness (QED) is 0.818. The Bertz CT molecular complexity index is 687. The van der Waals surface area contributed by atoms with Gasteiger partial charge in [0.2, 0.25) is 11.8 Å². The van der Waals surface area contributed by atoms with Crippen molar-refractivity contribution in [3.05, 3.63) is 42.0 Å². The van der Waals surface area contributed by atoms with E-state index in [-0.39, 0.29) is 18.4 Å². The lowest BCUT2D eigenvalue weighted by atomic mass is 10.2. The smallest absolute Gasteiger partial charge is 0.408 e. The lowest BCUT2D eigenvalue weighted by Crippen LogP contribution is -2.52. The van der Waals surface area contributed by atoms with E-state index in [4.69, 9.17) is 4.74 Å². The fourth-order valence-corrected chi connectivity index (χ4v) is 2.59. The maximum absolute atomic E-state index is 12.3. The Morgan fingerprint density at radius 2 is 1.63 bits per heavy atom. The number of piperazine rings is 1. The number of rotatable bonds is 4. The van der Waals surface area contributed by atoms with Gasteiger partial charge in [-0.05, 0) is 32.4 Å². The molecule has 3 amide bonds. The Kier molecular flexibility index (Phi) is 6.98. The Labute approximate surface area is 160 Å². The number of alkyl carbamates (subject to hydrolysis) is 1. The Morgan fingerprint density at radius 1 is 1.04 bits per heavy atom. The highest BCUT2D eigenvalue weighted by atomic mass is 16.6. The van der Waals surface area contributed by atoms with Gasteiger partial charge in [0.15, 0.2) is 0 Å². The molecule has 0 aromatic heterocycles. The van der Waals surface area contributed by atoms with Gasteiger partial charge in [-0.1, -0.05) is 30.3 Å². The highest BCUT2D eigenvalue weighted by Gasteiger charge is 2.24. The minimum Gasteiger partial charge on any atom is -0.444 e. The van der Waals surface area contributed by atoms with Crippen molar-refractivity contribution in [1.29, 1.82) is 0 Å². The Hall–Kier alpha value is -2.83. The van der Waals surface area contributed by atoms with Crippen LogP contribution in [0.2, 0.25) is 0 Å². The fourth-order valence-electron chi connectivity index (χ4n) is 2.59. The molecule has 27 heavy (non-hydrogen) atoms. The predicted molar refractivity (Wildman–Crippen MR) is 103 cm³/mol. The summed E-state index contributed by atoms with van der Waals surface area (Å²) < 4.78 is 5.11. The SMILES string of the molecule is CC(C)(C)OC(=O)NCC(=O)N1CCN(C(=O)/C=C/c2ccccc2)CC1. The zero-order chi connectivity index (χ0) is 19.9. The number of benzene rings is 1. The van der Waals surface area contributed by atoms with Crippen molar-refractivity contribution in [3.8, 4) is 0 Å². The van der Waals surface area contributed by atoms with Crippen molar-refractivity contribution < 1.29 is 19.1 Å². The number of carbonyl (C=O) groups excluding carboxylic acids is 3. The van der Waals surface area contributed by atoms with Gasteiger partial charge in [-0.3, -0.25) is 9.59 Å². The first-order chi connectivity index (χ1) is 12.7. The predicted octanol–water partition coefficient (Wildman–Crippen LogP) is 1.90. The summed E-state index contributed by atoms with van der Waals surface area (Å²) in [5, 5.41) is 2.46. The van der Waals surface area contributed by atoms with E-state index in [0.29, 0.717) is 26.2 Å². The molecule has 1 aliphatic heterocycles. The molecular formula is C20H27N3O4. The van der Waals surface area contributed by atoms with Crippen molar-refractivity contribution in [2.45, 2.75) is 26.4 Å². The molecule has 0 spiro atoms. The van der Waals surface area contributed by atoms with Crippen LogP contribution >= 0.6 is 0 Å². The third-order valence-electron chi connectivity index (χ3n) is 3.94. The molecule has 2 rings (SSSR count). The van der Waals surface area contributed by atoms with Gasteiger partial charge in [0.05, 0.1) is 0 Å². The van der Waals surface area contributed by atoms with Crippen molar-refractivity contribution in [2.75, 3.05) is 32.7 Å². The third-order valence-corrected chi connectivity index (χ3v) is 3.94. The van der Waals surface area contributed by atoms with E-state index in [1.54, 1.807) is 42.7 Å². The molecule has 1 aliphatic rings. The van der Waals surface area contributed by atoms with Crippen LogP contribution in [0.25, 0.3) is 6.08 Å². The molecule has 7 heteroatoms. The van der Waals surface area contributed by atoms with E-state index in [1.807, 2.05) is 30.3 Å². The highest BCUT2D eigenvalue weighted by molar-refractivity contribution is 5.92. The zero-order valence-corrected chi connectivity index (χ0v) is 16.1. The van der Waals surface area contributed by atoms with Gasteiger partial charge in [0.1, 0.15) is 12.1 Å². The Balaban J connectivity index is 1.74. The van der Waals surface area contributed by atoms with Gasteiger partial charge in [-0.25, -0.2) is 4.79 Å². The lowest BCUT2D eigenvalue weighted by molar-refractivity contribution is -0.136. The molecule has 0 unspecified atom stereocenters. The normalized spacial score (nSPS) is 14.9. The van der Waals surface area contributed by atoms with Crippen LogP contribution in [0.4, 0.5) is 4.79 Å². The summed E-state index contributed by atoms with van der Waals surface area (Å²) in [4.78, 5) is 39.4. The maximum atomic E-state index is 12.3. The van der Waals surface area contributed by atoms with Crippen LogP contribution in [-0.4, -0.2) is 66.0 Å². The lowest BCUT2D eigenvalue weighted by Gasteiger charge is -2.34. The van der Waals surface area contributed by atoms with Crippen LogP contribution in [0.5, 0.6) is 0 Å². The molecule has 1 fully saturated rings. The van der Waals surface area contributed by atoms with Crippen molar-refractivity contribution in [1.82, 2.24) is 15.1 Å². The second-order valence-electron chi connectivity index (χ2n) is 7.31. The minimum absolute atomic E-state index is 0.0715. The molecule has 1 heterocycles. The van der Waals surface area contributed by atoms with Gasteiger partial charge in [-0.15, -0.1) is 0 Å². The average Bonchev–Trinajstić information content (AvgIpc) is 2.64. The molecule has 0 atom stereocenters. The van der Waals surface area contributed by atoms with E-state index >= 15 is 0 Å². The molecule has 146 valence electrons. The van der Waals surface area contributed by atoms with Crippen molar-refractivity contribution >= 4 is 24.0 Å². The average molecular weight is 373 g/mol. The van der Waals surface area contributed by atoms with E-state index in [0.717, 1.165) is 5.56 Å². The first-order valence-electron chi connectivity index (χ1n) is 9.01. The van der Waals surface area contributed by atoms with Crippen LogP contribution in [0.1, 0.15) is 26.3 Å². The van der Waals surface area contributed by atoms with Crippen LogP contribution in [0.15, 0.2) is 36.4 Å². The third kappa shape index (κ3) is 7.13. The molecule has 0 saturated carbocycles. The van der Waals surface area contributed by atoms with Crippen LogP contribution in [0, 0.1) is 0 Å². The van der Waals surface area contributed by atoms with E-state index in [9.17, 15) is 14.4 Å². The molecule has 7 nitrogen and oxygen atoms in total. The summed E-state index contributed by atoms with van der Waals surface area (Å²) in [6, 6.07) is 9.61. The minimum atomic E-state index is -0.615. The number of carbonyl (C=O) groups is 3. The van der Waals surface area contributed by atoms with Gasteiger partial charge < -0.3 is 19.9 Å². The fraction of sp³-hybridized carbons (Fsp3) is 0.450. The number of ether oxygens (including phenoxy) is 1. The summed E-state index contributed by atoms with van der Waals surface area (Å²) in [5.74, 6) is -0.259. The molecule has 1 N–H and O–H groups in total. The van der Waals surface area contributed by atoms with Crippen LogP contribution in [-0.2, 0) is 14.3 Å². The first kappa shape index (κ1) is 20.5. The van der Waals surface area contributed by atoms with Crippen molar-refractivity contribution in [2.24, 2.45) is 0 Å². The van der Waals surface area contributed by atoms with Gasteiger partial charge >= 0.3 is 6.09 Å². The molecule has 0 bridgehead atoms. The van der Waals surface area contributed by atoms with Crippen LogP contribution in [0.3, 0.4) is 0 Å². The number of nitrogens with zero attached hydrogens (tertiary/aromatic N) is 2.